The van der Waals surface area contributed by atoms with Crippen molar-refractivity contribution in [3.63, 3.8) is 0 Å². The van der Waals surface area contributed by atoms with Gasteiger partial charge in [0.2, 0.25) is 0 Å². The van der Waals surface area contributed by atoms with Crippen molar-refractivity contribution < 1.29 is 8.42 Å². The van der Waals surface area contributed by atoms with Gasteiger partial charge >= 0.3 is 0 Å². The first-order valence-electron chi connectivity index (χ1n) is 6.15. The maximum atomic E-state index is 11.6. The van der Waals surface area contributed by atoms with Gasteiger partial charge in [0.25, 0.3) is 0 Å². The second-order valence-corrected chi connectivity index (χ2v) is 6.96. The van der Waals surface area contributed by atoms with Crippen LogP contribution < -0.4 is 5.32 Å². The molecule has 0 aromatic heterocycles. The lowest BCUT2D eigenvalue weighted by atomic mass is 10.2. The monoisotopic (exact) mass is 289 g/mol. The highest BCUT2D eigenvalue weighted by atomic mass is 35.5. The fourth-order valence-electron chi connectivity index (χ4n) is 1.67. The highest BCUT2D eigenvalue weighted by molar-refractivity contribution is 7.91. The average molecular weight is 290 g/mol. The number of hydrogen-bond donors (Lipinski definition) is 1. The van der Waals surface area contributed by atoms with Gasteiger partial charge in [-0.05, 0) is 44.0 Å². The molecule has 1 aromatic rings. The van der Waals surface area contributed by atoms with Crippen LogP contribution in [0, 0.1) is 0 Å². The molecule has 1 N–H and O–H groups in total. The van der Waals surface area contributed by atoms with Crippen LogP contribution in [0.3, 0.4) is 0 Å². The molecule has 102 valence electrons. The van der Waals surface area contributed by atoms with E-state index in [0.29, 0.717) is 16.8 Å². The van der Waals surface area contributed by atoms with Crippen molar-refractivity contribution in [1.29, 1.82) is 0 Å². The molecule has 1 rings (SSSR count). The quantitative estimate of drug-likeness (QED) is 0.784. The maximum Gasteiger partial charge on any atom is 0.178 e. The number of nitrogens with one attached hydrogen (secondary N) is 1. The largest absolute Gasteiger partial charge is 0.383 e. The first-order valence-corrected chi connectivity index (χ1v) is 8.33. The van der Waals surface area contributed by atoms with E-state index in [9.17, 15) is 8.42 Å². The van der Waals surface area contributed by atoms with E-state index in [4.69, 9.17) is 11.6 Å². The van der Waals surface area contributed by atoms with E-state index in [0.717, 1.165) is 18.5 Å². The van der Waals surface area contributed by atoms with Gasteiger partial charge in [-0.1, -0.05) is 6.92 Å². The van der Waals surface area contributed by atoms with Gasteiger partial charge in [-0.2, -0.15) is 0 Å². The van der Waals surface area contributed by atoms with Crippen LogP contribution in [0.25, 0.3) is 0 Å². The van der Waals surface area contributed by atoms with Crippen molar-refractivity contribution in [2.75, 3.05) is 16.9 Å². The highest BCUT2D eigenvalue weighted by Gasteiger charge is 2.11. The van der Waals surface area contributed by atoms with Crippen LogP contribution in [0.2, 0.25) is 0 Å². The number of hydrogen-bond acceptors (Lipinski definition) is 3. The Balaban J connectivity index is 2.66. The van der Waals surface area contributed by atoms with Gasteiger partial charge < -0.3 is 5.32 Å². The summed E-state index contributed by atoms with van der Waals surface area (Å²) in [5, 5.41) is 3.32. The molecular weight excluding hydrogens is 270 g/mol. The predicted octanol–water partition coefficient (Wildman–Crippen LogP) is 3.30. The molecular formula is C13H20ClNO2S. The molecule has 0 fully saturated rings. The van der Waals surface area contributed by atoms with Crippen LogP contribution >= 0.6 is 11.6 Å². The molecule has 0 amide bonds. The zero-order chi connectivity index (χ0) is 13.6. The number of rotatable bonds is 7. The number of benzene rings is 1. The summed E-state index contributed by atoms with van der Waals surface area (Å²) < 4.78 is 23.3. The van der Waals surface area contributed by atoms with Crippen molar-refractivity contribution in [3.8, 4) is 0 Å². The third-order valence-corrected chi connectivity index (χ3v) is 4.80. The topological polar surface area (TPSA) is 46.2 Å². The molecule has 1 aromatic carbocycles. The molecule has 0 aliphatic carbocycles. The van der Waals surface area contributed by atoms with Crippen molar-refractivity contribution in [1.82, 2.24) is 0 Å². The minimum absolute atomic E-state index is 0.131. The predicted molar refractivity (Wildman–Crippen MR) is 77.2 cm³/mol. The fourth-order valence-corrected chi connectivity index (χ4v) is 2.70. The van der Waals surface area contributed by atoms with E-state index in [1.54, 1.807) is 31.2 Å². The van der Waals surface area contributed by atoms with E-state index in [1.165, 1.54) is 0 Å². The molecule has 3 nitrogen and oxygen atoms in total. The molecule has 0 spiro atoms. The summed E-state index contributed by atoms with van der Waals surface area (Å²) in [5.74, 6) is 0.797. The Hall–Kier alpha value is -0.740. The molecule has 0 radical (unpaired) electrons. The lowest BCUT2D eigenvalue weighted by Crippen LogP contribution is -2.15. The fraction of sp³-hybridized carbons (Fsp3) is 0.538. The van der Waals surface area contributed by atoms with Gasteiger partial charge in [-0.25, -0.2) is 8.42 Å². The molecule has 18 heavy (non-hydrogen) atoms. The van der Waals surface area contributed by atoms with E-state index in [1.807, 2.05) is 0 Å². The van der Waals surface area contributed by atoms with Crippen molar-refractivity contribution in [2.45, 2.75) is 37.6 Å². The molecule has 0 saturated heterocycles. The summed E-state index contributed by atoms with van der Waals surface area (Å²) in [6, 6.07) is 7.24. The minimum Gasteiger partial charge on any atom is -0.383 e. The van der Waals surface area contributed by atoms with Gasteiger partial charge in [0.1, 0.15) is 0 Å². The number of alkyl halides is 1. The Bertz CT molecular complexity index is 456. The first-order chi connectivity index (χ1) is 8.49. The van der Waals surface area contributed by atoms with Crippen molar-refractivity contribution in [3.05, 3.63) is 24.3 Å². The SMILES string of the molecule is CCS(=O)(=O)c1ccc(NC(C)CCCCl)cc1. The Labute approximate surface area is 114 Å². The molecule has 1 atom stereocenters. The Morgan fingerprint density at radius 3 is 2.39 bits per heavy atom. The molecule has 0 aliphatic heterocycles. The summed E-state index contributed by atoms with van der Waals surface area (Å²) in [6.07, 6.45) is 1.97. The van der Waals surface area contributed by atoms with Crippen LogP contribution in [0.15, 0.2) is 29.2 Å². The van der Waals surface area contributed by atoms with Crippen LogP contribution in [0.5, 0.6) is 0 Å². The molecule has 0 saturated carbocycles. The summed E-state index contributed by atoms with van der Waals surface area (Å²) in [7, 11) is -3.10. The molecule has 0 aliphatic rings. The molecule has 5 heteroatoms. The molecule has 1 unspecified atom stereocenters. The second kappa shape index (κ2) is 7.00. The van der Waals surface area contributed by atoms with Crippen LogP contribution in [-0.2, 0) is 9.84 Å². The summed E-state index contributed by atoms with van der Waals surface area (Å²) in [5.41, 5.74) is 0.937. The lowest BCUT2D eigenvalue weighted by molar-refractivity contribution is 0.597. The Kier molecular flexibility index (Phi) is 5.96. The second-order valence-electron chi connectivity index (χ2n) is 4.30. The Morgan fingerprint density at radius 1 is 1.28 bits per heavy atom. The first kappa shape index (κ1) is 15.3. The van der Waals surface area contributed by atoms with Gasteiger partial charge in [-0.3, -0.25) is 0 Å². The normalized spacial score (nSPS) is 13.3. The highest BCUT2D eigenvalue weighted by Crippen LogP contribution is 2.16. The van der Waals surface area contributed by atoms with Gasteiger partial charge in [0.15, 0.2) is 9.84 Å². The van der Waals surface area contributed by atoms with Crippen LogP contribution in [0.4, 0.5) is 5.69 Å². The maximum absolute atomic E-state index is 11.6. The lowest BCUT2D eigenvalue weighted by Gasteiger charge is -2.14. The Morgan fingerprint density at radius 2 is 1.89 bits per heavy atom. The molecule has 0 heterocycles. The zero-order valence-electron chi connectivity index (χ0n) is 10.8. The standard InChI is InChI=1S/C13H20ClNO2S/c1-3-18(16,17)13-8-6-12(7-9-13)15-11(2)5-4-10-14/h6-9,11,15H,3-5,10H2,1-2H3. The third-order valence-electron chi connectivity index (χ3n) is 2.78. The average Bonchev–Trinajstić information content (AvgIpc) is 2.37. The van der Waals surface area contributed by atoms with E-state index in [2.05, 4.69) is 12.2 Å². The van der Waals surface area contributed by atoms with Crippen molar-refractivity contribution >= 4 is 27.1 Å². The summed E-state index contributed by atoms with van der Waals surface area (Å²) in [4.78, 5) is 0.379. The van der Waals surface area contributed by atoms with Crippen molar-refractivity contribution in [2.24, 2.45) is 0 Å². The van der Waals surface area contributed by atoms with E-state index in [-0.39, 0.29) is 5.75 Å². The summed E-state index contributed by atoms with van der Waals surface area (Å²) in [6.45, 7) is 3.74. The third kappa shape index (κ3) is 4.50. The smallest absolute Gasteiger partial charge is 0.178 e. The van der Waals surface area contributed by atoms with Gasteiger partial charge in [0, 0.05) is 17.6 Å². The van der Waals surface area contributed by atoms with Crippen LogP contribution in [-0.4, -0.2) is 26.1 Å². The number of sulfone groups is 1. The number of halogens is 1. The molecule has 0 bridgehead atoms. The van der Waals surface area contributed by atoms with Gasteiger partial charge in [-0.15, -0.1) is 11.6 Å². The number of anilines is 1. The van der Waals surface area contributed by atoms with Gasteiger partial charge in [0.05, 0.1) is 10.6 Å². The summed E-state index contributed by atoms with van der Waals surface area (Å²) >= 11 is 5.64. The minimum atomic E-state index is -3.10. The van der Waals surface area contributed by atoms with E-state index >= 15 is 0 Å². The van der Waals surface area contributed by atoms with E-state index < -0.39 is 9.84 Å². The zero-order valence-corrected chi connectivity index (χ0v) is 12.4. The van der Waals surface area contributed by atoms with Crippen LogP contribution in [0.1, 0.15) is 26.7 Å².